The van der Waals surface area contributed by atoms with E-state index in [1.807, 2.05) is 72.8 Å². The molecular formula is C28H29N3O2S. The number of amides is 2. The van der Waals surface area contributed by atoms with Crippen molar-refractivity contribution in [2.45, 2.75) is 44.1 Å². The van der Waals surface area contributed by atoms with Crippen molar-refractivity contribution >= 4 is 34.8 Å². The summed E-state index contributed by atoms with van der Waals surface area (Å²) in [4.78, 5) is 26.2. The molecule has 0 spiro atoms. The van der Waals surface area contributed by atoms with Crippen molar-refractivity contribution in [1.29, 1.82) is 0 Å². The Morgan fingerprint density at radius 2 is 1.32 bits per heavy atom. The van der Waals surface area contributed by atoms with E-state index in [1.165, 1.54) is 6.42 Å². The predicted molar refractivity (Wildman–Crippen MR) is 140 cm³/mol. The maximum Gasteiger partial charge on any atom is 0.253 e. The molecule has 3 aromatic carbocycles. The van der Waals surface area contributed by atoms with E-state index in [2.05, 4.69) is 16.0 Å². The van der Waals surface area contributed by atoms with E-state index in [4.69, 9.17) is 12.2 Å². The van der Waals surface area contributed by atoms with Crippen LogP contribution in [0.25, 0.3) is 0 Å². The Hall–Kier alpha value is -3.51. The third-order valence-corrected chi connectivity index (χ3v) is 6.33. The van der Waals surface area contributed by atoms with Crippen molar-refractivity contribution < 1.29 is 9.59 Å². The standard InChI is InChI=1S/C28H29N3O2S/c32-26(29-22-16-8-3-9-17-22)23-18-10-11-19-24(23)30-28(34)31-27(33)25(20-12-4-1-5-13-20)21-14-6-2-7-15-21/h1-2,4-7,10-15,18-19,22,25H,3,8-9,16-17H2,(H,29,32)(H2,30,31,33,34). The molecule has 0 aliphatic heterocycles. The van der Waals surface area contributed by atoms with Crippen LogP contribution in [0.1, 0.15) is 59.5 Å². The minimum Gasteiger partial charge on any atom is -0.349 e. The first kappa shape index (κ1) is 23.6. The van der Waals surface area contributed by atoms with Gasteiger partial charge < -0.3 is 16.0 Å². The van der Waals surface area contributed by atoms with Crippen LogP contribution in [0, 0.1) is 0 Å². The zero-order valence-corrected chi connectivity index (χ0v) is 19.8. The summed E-state index contributed by atoms with van der Waals surface area (Å²) in [7, 11) is 0. The molecule has 3 N–H and O–H groups in total. The van der Waals surface area contributed by atoms with Gasteiger partial charge in [-0.1, -0.05) is 92.1 Å². The zero-order chi connectivity index (χ0) is 23.8. The predicted octanol–water partition coefficient (Wildman–Crippen LogP) is 5.39. The molecule has 1 saturated carbocycles. The number of rotatable bonds is 6. The molecule has 1 fully saturated rings. The largest absolute Gasteiger partial charge is 0.349 e. The Morgan fingerprint density at radius 1 is 0.765 bits per heavy atom. The number of anilines is 1. The second-order valence-corrected chi connectivity index (χ2v) is 8.96. The Kier molecular flexibility index (Phi) is 8.04. The summed E-state index contributed by atoms with van der Waals surface area (Å²) < 4.78 is 0. The molecule has 2 amide bonds. The molecule has 34 heavy (non-hydrogen) atoms. The second kappa shape index (κ2) is 11.6. The molecule has 0 saturated heterocycles. The van der Waals surface area contributed by atoms with Gasteiger partial charge in [0.25, 0.3) is 5.91 Å². The highest BCUT2D eigenvalue weighted by Crippen LogP contribution is 2.25. The molecule has 0 unspecified atom stereocenters. The Balaban J connectivity index is 1.46. The first-order chi connectivity index (χ1) is 16.6. The van der Waals surface area contributed by atoms with Crippen LogP contribution in [0.15, 0.2) is 84.9 Å². The van der Waals surface area contributed by atoms with Gasteiger partial charge in [-0.15, -0.1) is 0 Å². The molecule has 0 aromatic heterocycles. The fourth-order valence-electron chi connectivity index (χ4n) is 4.42. The maximum atomic E-state index is 13.3. The SMILES string of the molecule is O=C(NC1CCCCC1)c1ccccc1NC(=S)NC(=O)C(c1ccccc1)c1ccccc1. The number of carbonyl (C=O) groups is 2. The van der Waals surface area contributed by atoms with Gasteiger partial charge in [-0.2, -0.15) is 0 Å². The van der Waals surface area contributed by atoms with Gasteiger partial charge in [0, 0.05) is 6.04 Å². The van der Waals surface area contributed by atoms with Gasteiger partial charge in [0.2, 0.25) is 5.91 Å². The third-order valence-electron chi connectivity index (χ3n) is 6.13. The van der Waals surface area contributed by atoms with E-state index in [0.717, 1.165) is 36.8 Å². The number of carbonyl (C=O) groups excluding carboxylic acids is 2. The van der Waals surface area contributed by atoms with E-state index in [9.17, 15) is 9.59 Å². The van der Waals surface area contributed by atoms with Crippen molar-refractivity contribution in [2.24, 2.45) is 0 Å². The Labute approximate surface area is 206 Å². The van der Waals surface area contributed by atoms with Crippen LogP contribution >= 0.6 is 12.2 Å². The molecular weight excluding hydrogens is 442 g/mol. The second-order valence-electron chi connectivity index (χ2n) is 8.55. The normalized spacial score (nSPS) is 13.8. The number of benzene rings is 3. The van der Waals surface area contributed by atoms with Gasteiger partial charge >= 0.3 is 0 Å². The number of para-hydroxylation sites is 1. The van der Waals surface area contributed by atoms with Crippen LogP contribution in [-0.2, 0) is 4.79 Å². The van der Waals surface area contributed by atoms with Crippen molar-refractivity contribution in [3.63, 3.8) is 0 Å². The molecule has 1 aliphatic rings. The minimum absolute atomic E-state index is 0.129. The summed E-state index contributed by atoms with van der Waals surface area (Å²) >= 11 is 5.46. The molecule has 0 atom stereocenters. The number of hydrogen-bond donors (Lipinski definition) is 3. The van der Waals surface area contributed by atoms with E-state index < -0.39 is 5.92 Å². The van der Waals surface area contributed by atoms with Gasteiger partial charge in [-0.05, 0) is 48.3 Å². The van der Waals surface area contributed by atoms with E-state index in [-0.39, 0.29) is 23.0 Å². The monoisotopic (exact) mass is 471 g/mol. The molecule has 3 aromatic rings. The highest BCUT2D eigenvalue weighted by Gasteiger charge is 2.24. The molecule has 0 heterocycles. The van der Waals surface area contributed by atoms with Crippen LogP contribution < -0.4 is 16.0 Å². The van der Waals surface area contributed by atoms with Gasteiger partial charge in [0.1, 0.15) is 0 Å². The maximum absolute atomic E-state index is 13.3. The molecule has 4 rings (SSSR count). The zero-order valence-electron chi connectivity index (χ0n) is 19.0. The van der Waals surface area contributed by atoms with Crippen LogP contribution in [0.5, 0.6) is 0 Å². The lowest BCUT2D eigenvalue weighted by Crippen LogP contribution is -2.39. The van der Waals surface area contributed by atoms with E-state index >= 15 is 0 Å². The van der Waals surface area contributed by atoms with Crippen LogP contribution in [0.4, 0.5) is 5.69 Å². The summed E-state index contributed by atoms with van der Waals surface area (Å²) in [5.74, 6) is -0.874. The lowest BCUT2D eigenvalue weighted by molar-refractivity contribution is -0.120. The Morgan fingerprint density at radius 3 is 1.94 bits per heavy atom. The van der Waals surface area contributed by atoms with Gasteiger partial charge in [-0.25, -0.2) is 0 Å². The Bertz CT molecular complexity index is 1090. The fourth-order valence-corrected chi connectivity index (χ4v) is 4.63. The average molecular weight is 472 g/mol. The third kappa shape index (κ3) is 6.08. The summed E-state index contributed by atoms with van der Waals surface area (Å²) in [5, 5.41) is 9.17. The van der Waals surface area contributed by atoms with E-state index in [1.54, 1.807) is 12.1 Å². The van der Waals surface area contributed by atoms with Gasteiger partial charge in [0.15, 0.2) is 5.11 Å². The first-order valence-electron chi connectivity index (χ1n) is 11.7. The van der Waals surface area contributed by atoms with Gasteiger partial charge in [-0.3, -0.25) is 9.59 Å². The van der Waals surface area contributed by atoms with Crippen molar-refractivity contribution in [2.75, 3.05) is 5.32 Å². The molecule has 1 aliphatic carbocycles. The number of thiocarbonyl (C=S) groups is 1. The average Bonchev–Trinajstić information content (AvgIpc) is 2.86. The van der Waals surface area contributed by atoms with Crippen molar-refractivity contribution in [3.8, 4) is 0 Å². The summed E-state index contributed by atoms with van der Waals surface area (Å²) in [5.41, 5.74) is 2.83. The lowest BCUT2D eigenvalue weighted by Gasteiger charge is -2.23. The summed E-state index contributed by atoms with van der Waals surface area (Å²) in [6, 6.07) is 26.6. The van der Waals surface area contributed by atoms with E-state index in [0.29, 0.717) is 11.3 Å². The summed E-state index contributed by atoms with van der Waals surface area (Å²) in [6.45, 7) is 0. The smallest absolute Gasteiger partial charge is 0.253 e. The number of hydrogen-bond acceptors (Lipinski definition) is 3. The fraction of sp³-hybridized carbons (Fsp3) is 0.250. The van der Waals surface area contributed by atoms with Crippen LogP contribution in [0.3, 0.4) is 0 Å². The molecule has 174 valence electrons. The first-order valence-corrected chi connectivity index (χ1v) is 12.1. The molecule has 0 radical (unpaired) electrons. The molecule has 6 heteroatoms. The topological polar surface area (TPSA) is 70.2 Å². The summed E-state index contributed by atoms with van der Waals surface area (Å²) in [6.07, 6.45) is 5.54. The number of nitrogens with one attached hydrogen (secondary N) is 3. The quantitative estimate of drug-likeness (QED) is 0.421. The van der Waals surface area contributed by atoms with Gasteiger partial charge in [0.05, 0.1) is 17.2 Å². The highest BCUT2D eigenvalue weighted by molar-refractivity contribution is 7.80. The van der Waals surface area contributed by atoms with Crippen LogP contribution in [0.2, 0.25) is 0 Å². The van der Waals surface area contributed by atoms with Crippen molar-refractivity contribution in [3.05, 3.63) is 102 Å². The van der Waals surface area contributed by atoms with Crippen LogP contribution in [-0.4, -0.2) is 23.0 Å². The molecule has 0 bridgehead atoms. The van der Waals surface area contributed by atoms with Crippen molar-refractivity contribution in [1.82, 2.24) is 10.6 Å². The minimum atomic E-state index is -0.507. The molecule has 5 nitrogen and oxygen atoms in total. The lowest BCUT2D eigenvalue weighted by atomic mass is 9.90. The highest BCUT2D eigenvalue weighted by atomic mass is 32.1.